The first kappa shape index (κ1) is 13.1. The third-order valence-corrected chi connectivity index (χ3v) is 7.40. The molecular weight excluding hydrogens is 266 g/mol. The fourth-order valence-electron chi connectivity index (χ4n) is 6.64. The number of aliphatic hydroxyl groups is 2. The molecule has 4 nitrogen and oxygen atoms in total. The van der Waals surface area contributed by atoms with Gasteiger partial charge in [0, 0.05) is 17.4 Å². The first-order valence-electron chi connectivity index (χ1n) is 8.53. The quantitative estimate of drug-likeness (QED) is 0.648. The van der Waals surface area contributed by atoms with E-state index in [-0.39, 0.29) is 23.7 Å². The molecule has 0 aromatic carbocycles. The van der Waals surface area contributed by atoms with Crippen LogP contribution in [0, 0.1) is 23.2 Å². The Labute approximate surface area is 125 Å². The molecule has 0 amide bonds. The lowest BCUT2D eigenvalue weighted by Gasteiger charge is -2.62. The summed E-state index contributed by atoms with van der Waals surface area (Å²) in [6.07, 6.45) is 7.54. The lowest BCUT2D eigenvalue weighted by Crippen LogP contribution is -2.66. The van der Waals surface area contributed by atoms with Gasteiger partial charge in [0.2, 0.25) is 0 Å². The highest BCUT2D eigenvalue weighted by Gasteiger charge is 2.70. The van der Waals surface area contributed by atoms with E-state index < -0.39 is 6.10 Å². The van der Waals surface area contributed by atoms with Crippen LogP contribution >= 0.6 is 0 Å². The number of likely N-dealkylation sites (tertiary alicyclic amines) is 1. The van der Waals surface area contributed by atoms with E-state index in [4.69, 9.17) is 4.74 Å². The summed E-state index contributed by atoms with van der Waals surface area (Å²) in [6.45, 7) is 1.09. The van der Waals surface area contributed by atoms with Gasteiger partial charge in [-0.3, -0.25) is 0 Å². The van der Waals surface area contributed by atoms with Gasteiger partial charge in [-0.15, -0.1) is 0 Å². The predicted octanol–water partition coefficient (Wildman–Crippen LogP) is 0.782. The van der Waals surface area contributed by atoms with E-state index in [1.807, 2.05) is 6.08 Å². The highest BCUT2D eigenvalue weighted by molar-refractivity contribution is 5.26. The molecule has 2 saturated carbocycles. The lowest BCUT2D eigenvalue weighted by atomic mass is 9.46. The first-order valence-corrected chi connectivity index (χ1v) is 8.53. The SMILES string of the molecule is CN1CC[C@]23C4C5CCC(O)C4O[C@H]2[C@@H](O)C=C[C@H]3[C@H]1C5. The van der Waals surface area contributed by atoms with Crippen molar-refractivity contribution < 1.29 is 14.9 Å². The van der Waals surface area contributed by atoms with Gasteiger partial charge in [-0.1, -0.05) is 12.2 Å². The number of aliphatic hydroxyl groups excluding tert-OH is 2. The molecule has 2 N–H and O–H groups in total. The van der Waals surface area contributed by atoms with Crippen LogP contribution in [0.5, 0.6) is 0 Å². The van der Waals surface area contributed by atoms with E-state index in [0.29, 0.717) is 23.8 Å². The molecule has 5 rings (SSSR count). The van der Waals surface area contributed by atoms with E-state index in [0.717, 1.165) is 25.8 Å². The predicted molar refractivity (Wildman–Crippen MR) is 77.6 cm³/mol. The molecule has 4 heteroatoms. The van der Waals surface area contributed by atoms with Crippen molar-refractivity contribution in [1.82, 2.24) is 4.90 Å². The molecule has 1 spiro atoms. The zero-order valence-electron chi connectivity index (χ0n) is 12.6. The number of hydrogen-bond acceptors (Lipinski definition) is 4. The van der Waals surface area contributed by atoms with Crippen molar-refractivity contribution in [3.05, 3.63) is 12.2 Å². The van der Waals surface area contributed by atoms with Gasteiger partial charge in [0.15, 0.2) is 0 Å². The molecule has 4 unspecified atom stereocenters. The number of piperidine rings is 1. The average Bonchev–Trinajstić information content (AvgIpc) is 2.83. The summed E-state index contributed by atoms with van der Waals surface area (Å²) in [5, 5.41) is 21.0. The summed E-state index contributed by atoms with van der Waals surface area (Å²) in [5.74, 6) is 1.59. The summed E-state index contributed by atoms with van der Waals surface area (Å²) in [5.41, 5.74) is 0.0698. The Morgan fingerprint density at radius 2 is 2.10 bits per heavy atom. The monoisotopic (exact) mass is 291 g/mol. The first-order chi connectivity index (χ1) is 10.1. The maximum atomic E-state index is 10.5. The minimum atomic E-state index is -0.498. The van der Waals surface area contributed by atoms with Gasteiger partial charge in [-0.05, 0) is 51.1 Å². The molecule has 2 aliphatic heterocycles. The van der Waals surface area contributed by atoms with Crippen LogP contribution in [0.2, 0.25) is 0 Å². The van der Waals surface area contributed by atoms with Crippen LogP contribution < -0.4 is 0 Å². The maximum absolute atomic E-state index is 10.5. The van der Waals surface area contributed by atoms with E-state index in [1.54, 1.807) is 0 Å². The normalized spacial score (nSPS) is 61.7. The van der Waals surface area contributed by atoms with Crippen molar-refractivity contribution >= 4 is 0 Å². The highest BCUT2D eigenvalue weighted by atomic mass is 16.5. The highest BCUT2D eigenvalue weighted by Crippen LogP contribution is 2.66. The molecule has 0 radical (unpaired) electrons. The van der Waals surface area contributed by atoms with Gasteiger partial charge in [0.25, 0.3) is 0 Å². The summed E-state index contributed by atoms with van der Waals surface area (Å²) in [4.78, 5) is 2.52. The van der Waals surface area contributed by atoms with Crippen molar-refractivity contribution in [1.29, 1.82) is 0 Å². The van der Waals surface area contributed by atoms with Gasteiger partial charge in [0.05, 0.1) is 24.4 Å². The number of nitrogens with zero attached hydrogens (tertiary/aromatic N) is 1. The molecule has 116 valence electrons. The Morgan fingerprint density at radius 3 is 2.95 bits per heavy atom. The van der Waals surface area contributed by atoms with Crippen LogP contribution in [0.1, 0.15) is 25.7 Å². The molecule has 0 aromatic rings. The van der Waals surface area contributed by atoms with Crippen LogP contribution in [0.3, 0.4) is 0 Å². The third-order valence-electron chi connectivity index (χ3n) is 7.40. The molecule has 9 atom stereocenters. The van der Waals surface area contributed by atoms with E-state index in [2.05, 4.69) is 18.0 Å². The van der Waals surface area contributed by atoms with E-state index >= 15 is 0 Å². The van der Waals surface area contributed by atoms with Crippen LogP contribution in [0.4, 0.5) is 0 Å². The van der Waals surface area contributed by atoms with Gasteiger partial charge < -0.3 is 19.8 Å². The van der Waals surface area contributed by atoms with E-state index in [9.17, 15) is 10.2 Å². The van der Waals surface area contributed by atoms with E-state index in [1.165, 1.54) is 6.42 Å². The Bertz CT molecular complexity index is 494. The average molecular weight is 291 g/mol. The smallest absolute Gasteiger partial charge is 0.0988 e. The second kappa shape index (κ2) is 4.10. The second-order valence-corrected chi connectivity index (χ2v) is 8.00. The van der Waals surface area contributed by atoms with Crippen molar-refractivity contribution in [2.24, 2.45) is 23.2 Å². The summed E-state index contributed by atoms with van der Waals surface area (Å²) < 4.78 is 6.32. The number of ether oxygens (including phenoxy) is 1. The minimum absolute atomic E-state index is 0.0462. The number of rotatable bonds is 0. The van der Waals surface area contributed by atoms with Crippen LogP contribution in [0.25, 0.3) is 0 Å². The molecule has 3 aliphatic carbocycles. The summed E-state index contributed by atoms with van der Waals surface area (Å²) in [7, 11) is 2.25. The molecule has 4 fully saturated rings. The van der Waals surface area contributed by atoms with Crippen molar-refractivity contribution in [2.45, 2.75) is 56.1 Å². The molecule has 2 bridgehead atoms. The zero-order chi connectivity index (χ0) is 14.4. The van der Waals surface area contributed by atoms with Crippen LogP contribution in [-0.4, -0.2) is 59.2 Å². The Kier molecular flexibility index (Phi) is 2.55. The fraction of sp³-hybridized carbons (Fsp3) is 0.882. The molecule has 2 saturated heterocycles. The standard InChI is InChI=1S/C17H25NO3/c1-18-7-6-17-10-3-5-13(20)16(17)21-15-12(19)4-2-9(14(15)17)8-11(10)18/h3,5,9-16,19-20H,2,4,6-8H2,1H3/t9?,10-,11+,12?,13-,14?,15?,16-,17-/m0/s1. The topological polar surface area (TPSA) is 52.9 Å². The molecular formula is C17H25NO3. The Morgan fingerprint density at radius 1 is 1.24 bits per heavy atom. The van der Waals surface area contributed by atoms with Crippen LogP contribution in [0.15, 0.2) is 12.2 Å². The minimum Gasteiger partial charge on any atom is -0.390 e. The molecule has 2 heterocycles. The summed E-state index contributed by atoms with van der Waals surface area (Å²) in [6, 6.07) is 0.587. The van der Waals surface area contributed by atoms with Gasteiger partial charge in [-0.25, -0.2) is 0 Å². The van der Waals surface area contributed by atoms with Crippen molar-refractivity contribution in [3.8, 4) is 0 Å². The Balaban J connectivity index is 1.68. The zero-order valence-corrected chi connectivity index (χ0v) is 12.6. The largest absolute Gasteiger partial charge is 0.390 e. The Hall–Kier alpha value is -0.420. The third kappa shape index (κ3) is 1.41. The van der Waals surface area contributed by atoms with Crippen LogP contribution in [-0.2, 0) is 4.74 Å². The summed E-state index contributed by atoms with van der Waals surface area (Å²) >= 11 is 0. The molecule has 5 aliphatic rings. The second-order valence-electron chi connectivity index (χ2n) is 8.00. The molecule has 0 aromatic heterocycles. The maximum Gasteiger partial charge on any atom is 0.0988 e. The van der Waals surface area contributed by atoms with Gasteiger partial charge in [0.1, 0.15) is 0 Å². The molecule has 21 heavy (non-hydrogen) atoms. The lowest BCUT2D eigenvalue weighted by molar-refractivity contribution is -0.130. The van der Waals surface area contributed by atoms with Gasteiger partial charge in [-0.2, -0.15) is 0 Å². The number of hydrogen-bond donors (Lipinski definition) is 2. The van der Waals surface area contributed by atoms with Gasteiger partial charge >= 0.3 is 0 Å². The van der Waals surface area contributed by atoms with Crippen molar-refractivity contribution in [2.75, 3.05) is 13.6 Å². The fourth-order valence-corrected chi connectivity index (χ4v) is 6.64. The van der Waals surface area contributed by atoms with Crippen molar-refractivity contribution in [3.63, 3.8) is 0 Å².